The predicted molar refractivity (Wildman–Crippen MR) is 117 cm³/mol. The van der Waals surface area contributed by atoms with Crippen LogP contribution in [0.5, 0.6) is 11.5 Å². The molecule has 28 heavy (non-hydrogen) atoms. The van der Waals surface area contributed by atoms with E-state index in [0.29, 0.717) is 46.3 Å². The molecule has 146 valence electrons. The summed E-state index contributed by atoms with van der Waals surface area (Å²) in [6, 6.07) is 19.0. The lowest BCUT2D eigenvalue weighted by molar-refractivity contribution is 0.269. The van der Waals surface area contributed by atoms with E-state index in [-0.39, 0.29) is 0 Å². The summed E-state index contributed by atoms with van der Waals surface area (Å²) in [5, 5.41) is 4.97. The van der Waals surface area contributed by atoms with Crippen molar-refractivity contribution in [2.45, 2.75) is 20.1 Å². The summed E-state index contributed by atoms with van der Waals surface area (Å²) in [4.78, 5) is 0. The Morgan fingerprint density at radius 1 is 0.786 bits per heavy atom. The van der Waals surface area contributed by atoms with Crippen molar-refractivity contribution in [1.29, 1.82) is 0 Å². The topological polar surface area (TPSA) is 30.5 Å². The van der Waals surface area contributed by atoms with Gasteiger partial charge < -0.3 is 14.8 Å². The molecule has 3 aromatic rings. The number of para-hydroxylation sites is 1. The summed E-state index contributed by atoms with van der Waals surface area (Å²) in [5.74, 6) is 1.23. The van der Waals surface area contributed by atoms with Gasteiger partial charge in [0.1, 0.15) is 6.61 Å². The molecule has 0 bridgehead atoms. The zero-order valence-electron chi connectivity index (χ0n) is 15.3. The molecule has 0 aliphatic carbocycles. The van der Waals surface area contributed by atoms with Gasteiger partial charge in [-0.05, 0) is 48.4 Å². The van der Waals surface area contributed by atoms with E-state index in [4.69, 9.17) is 44.3 Å². The van der Waals surface area contributed by atoms with Crippen LogP contribution in [-0.4, -0.2) is 6.61 Å². The number of benzene rings is 3. The van der Waals surface area contributed by atoms with Crippen LogP contribution in [-0.2, 0) is 13.2 Å². The fourth-order valence-electron chi connectivity index (χ4n) is 2.64. The van der Waals surface area contributed by atoms with Gasteiger partial charge in [-0.3, -0.25) is 0 Å². The lowest BCUT2D eigenvalue weighted by atomic mass is 10.2. The average molecular weight is 437 g/mol. The Morgan fingerprint density at radius 3 is 2.25 bits per heavy atom. The number of halogens is 3. The first-order chi connectivity index (χ1) is 13.6. The summed E-state index contributed by atoms with van der Waals surface area (Å²) in [7, 11) is 0. The molecule has 0 aliphatic rings. The van der Waals surface area contributed by atoms with E-state index >= 15 is 0 Å². The molecule has 0 atom stereocenters. The van der Waals surface area contributed by atoms with Gasteiger partial charge in [0.15, 0.2) is 11.5 Å². The van der Waals surface area contributed by atoms with Crippen LogP contribution in [0, 0.1) is 0 Å². The average Bonchev–Trinajstić information content (AvgIpc) is 2.70. The van der Waals surface area contributed by atoms with Gasteiger partial charge in [-0.25, -0.2) is 0 Å². The molecular weight excluding hydrogens is 417 g/mol. The van der Waals surface area contributed by atoms with Crippen molar-refractivity contribution in [1.82, 2.24) is 0 Å². The number of rotatable bonds is 8. The summed E-state index contributed by atoms with van der Waals surface area (Å²) in [6.07, 6.45) is 0. The van der Waals surface area contributed by atoms with Crippen LogP contribution in [0.4, 0.5) is 5.69 Å². The fraction of sp³-hybridized carbons (Fsp3) is 0.182. The third-order valence-electron chi connectivity index (χ3n) is 4.05. The lowest BCUT2D eigenvalue weighted by Gasteiger charge is -2.16. The largest absolute Gasteiger partial charge is 0.490 e. The van der Waals surface area contributed by atoms with E-state index in [9.17, 15) is 0 Å². The fourth-order valence-corrected chi connectivity index (χ4v) is 3.18. The molecule has 3 nitrogen and oxygen atoms in total. The first kappa shape index (κ1) is 20.7. The molecule has 0 radical (unpaired) electrons. The highest BCUT2D eigenvalue weighted by Crippen LogP contribution is 2.35. The minimum atomic E-state index is 0.328. The Kier molecular flexibility index (Phi) is 7.32. The molecular formula is C22H20Cl3NO2. The SMILES string of the molecule is CCOc1cc(CNc2ccccc2)c(Cl)cc1OCc1ccc(Cl)c(Cl)c1. The van der Waals surface area contributed by atoms with E-state index < -0.39 is 0 Å². The Morgan fingerprint density at radius 2 is 1.54 bits per heavy atom. The summed E-state index contributed by atoms with van der Waals surface area (Å²) in [5.41, 5.74) is 2.86. The van der Waals surface area contributed by atoms with Crippen LogP contribution >= 0.6 is 34.8 Å². The zero-order chi connectivity index (χ0) is 19.9. The van der Waals surface area contributed by atoms with Crippen LogP contribution in [0.3, 0.4) is 0 Å². The van der Waals surface area contributed by atoms with Crippen molar-refractivity contribution in [3.63, 3.8) is 0 Å². The number of hydrogen-bond donors (Lipinski definition) is 1. The maximum atomic E-state index is 6.48. The van der Waals surface area contributed by atoms with Gasteiger partial charge in [-0.1, -0.05) is 59.1 Å². The second-order valence-corrected chi connectivity index (χ2v) is 7.30. The lowest BCUT2D eigenvalue weighted by Crippen LogP contribution is -2.04. The molecule has 0 fully saturated rings. The van der Waals surface area contributed by atoms with Gasteiger partial charge >= 0.3 is 0 Å². The van der Waals surface area contributed by atoms with Crippen LogP contribution in [0.25, 0.3) is 0 Å². The maximum Gasteiger partial charge on any atom is 0.163 e. The third-order valence-corrected chi connectivity index (χ3v) is 5.14. The van der Waals surface area contributed by atoms with Gasteiger partial charge in [0.25, 0.3) is 0 Å². The molecule has 0 heterocycles. The second-order valence-electron chi connectivity index (χ2n) is 6.08. The van der Waals surface area contributed by atoms with Crippen molar-refractivity contribution >= 4 is 40.5 Å². The maximum absolute atomic E-state index is 6.48. The minimum absolute atomic E-state index is 0.328. The molecule has 1 N–H and O–H groups in total. The highest BCUT2D eigenvalue weighted by Gasteiger charge is 2.12. The zero-order valence-corrected chi connectivity index (χ0v) is 17.6. The van der Waals surface area contributed by atoms with Crippen molar-refractivity contribution in [2.24, 2.45) is 0 Å². The molecule has 0 aliphatic heterocycles. The van der Waals surface area contributed by atoms with Gasteiger partial charge in [-0.15, -0.1) is 0 Å². The Hall–Kier alpha value is -2.07. The number of nitrogens with one attached hydrogen (secondary N) is 1. The quantitative estimate of drug-likeness (QED) is 0.404. The highest BCUT2D eigenvalue weighted by atomic mass is 35.5. The Labute approximate surface area is 180 Å². The Bertz CT molecular complexity index is 933. The minimum Gasteiger partial charge on any atom is -0.490 e. The van der Waals surface area contributed by atoms with Gasteiger partial charge in [0.05, 0.1) is 16.7 Å². The molecule has 0 saturated carbocycles. The van der Waals surface area contributed by atoms with Crippen molar-refractivity contribution in [3.05, 3.63) is 86.9 Å². The summed E-state index contributed by atoms with van der Waals surface area (Å²) in [6.45, 7) is 3.36. The van der Waals surface area contributed by atoms with Gasteiger partial charge in [0, 0.05) is 23.3 Å². The summed E-state index contributed by atoms with van der Waals surface area (Å²) < 4.78 is 11.7. The second kappa shape index (κ2) is 9.92. The molecule has 6 heteroatoms. The van der Waals surface area contributed by atoms with Crippen molar-refractivity contribution < 1.29 is 9.47 Å². The predicted octanol–water partition coefficient (Wildman–Crippen LogP) is 7.24. The van der Waals surface area contributed by atoms with Crippen LogP contribution in [0.2, 0.25) is 15.1 Å². The van der Waals surface area contributed by atoms with Crippen molar-refractivity contribution in [2.75, 3.05) is 11.9 Å². The summed E-state index contributed by atoms with van der Waals surface area (Å²) >= 11 is 18.5. The smallest absolute Gasteiger partial charge is 0.163 e. The molecule has 3 aromatic carbocycles. The van der Waals surface area contributed by atoms with Crippen LogP contribution in [0.15, 0.2) is 60.7 Å². The third kappa shape index (κ3) is 5.48. The molecule has 0 saturated heterocycles. The van der Waals surface area contributed by atoms with E-state index in [0.717, 1.165) is 16.8 Å². The van der Waals surface area contributed by atoms with Gasteiger partial charge in [0.2, 0.25) is 0 Å². The van der Waals surface area contributed by atoms with E-state index in [1.54, 1.807) is 18.2 Å². The standard InChI is InChI=1S/C22H20Cl3NO2/c1-2-27-21-11-16(13-26-17-6-4-3-5-7-17)19(24)12-22(21)28-14-15-8-9-18(23)20(25)10-15/h3-12,26H,2,13-14H2,1H3. The normalized spacial score (nSPS) is 10.6. The number of ether oxygens (including phenoxy) is 2. The first-order valence-electron chi connectivity index (χ1n) is 8.87. The molecule has 3 rings (SSSR count). The number of anilines is 1. The van der Waals surface area contributed by atoms with E-state index in [2.05, 4.69) is 5.32 Å². The van der Waals surface area contributed by atoms with Gasteiger partial charge in [-0.2, -0.15) is 0 Å². The Balaban J connectivity index is 1.75. The monoisotopic (exact) mass is 435 g/mol. The van der Waals surface area contributed by atoms with E-state index in [1.165, 1.54) is 0 Å². The molecule has 0 amide bonds. The first-order valence-corrected chi connectivity index (χ1v) is 10.0. The van der Waals surface area contributed by atoms with Crippen molar-refractivity contribution in [3.8, 4) is 11.5 Å². The highest BCUT2D eigenvalue weighted by molar-refractivity contribution is 6.42. The molecule has 0 unspecified atom stereocenters. The van der Waals surface area contributed by atoms with Crippen LogP contribution in [0.1, 0.15) is 18.1 Å². The van der Waals surface area contributed by atoms with E-state index in [1.807, 2.05) is 49.4 Å². The molecule has 0 aromatic heterocycles. The van der Waals surface area contributed by atoms with Crippen LogP contribution < -0.4 is 14.8 Å². The molecule has 0 spiro atoms. The number of hydrogen-bond acceptors (Lipinski definition) is 3.